The van der Waals surface area contributed by atoms with Gasteiger partial charge in [-0.15, -0.1) is 0 Å². The number of carbonyl (C=O) groups is 2. The number of nitrogens with one attached hydrogen (secondary N) is 1. The highest BCUT2D eigenvalue weighted by molar-refractivity contribution is 9.11. The molecule has 9 nitrogen and oxygen atoms in total. The first-order valence-corrected chi connectivity index (χ1v) is 13.4. The van der Waals surface area contributed by atoms with Gasteiger partial charge in [-0.3, -0.25) is 4.79 Å². The predicted molar refractivity (Wildman–Crippen MR) is 158 cm³/mol. The highest BCUT2D eigenvalue weighted by atomic mass is 79.9. The van der Waals surface area contributed by atoms with Crippen LogP contribution in [0.25, 0.3) is 10.8 Å². The first-order chi connectivity index (χ1) is 19.3. The van der Waals surface area contributed by atoms with E-state index in [4.69, 9.17) is 23.7 Å². The van der Waals surface area contributed by atoms with E-state index in [-0.39, 0.29) is 17.9 Å². The van der Waals surface area contributed by atoms with Crippen LogP contribution in [0, 0.1) is 0 Å². The Labute approximate surface area is 247 Å². The van der Waals surface area contributed by atoms with Crippen molar-refractivity contribution in [1.29, 1.82) is 0 Å². The van der Waals surface area contributed by atoms with Gasteiger partial charge >= 0.3 is 5.97 Å². The van der Waals surface area contributed by atoms with E-state index in [1.807, 2.05) is 36.4 Å². The van der Waals surface area contributed by atoms with Crippen molar-refractivity contribution in [2.45, 2.75) is 0 Å². The lowest BCUT2D eigenvalue weighted by molar-refractivity contribution is -0.123. The van der Waals surface area contributed by atoms with Gasteiger partial charge in [0.25, 0.3) is 5.91 Å². The number of benzene rings is 4. The van der Waals surface area contributed by atoms with E-state index in [2.05, 4.69) is 42.4 Å². The Hall–Kier alpha value is -4.09. The summed E-state index contributed by atoms with van der Waals surface area (Å²) >= 11 is 6.84. The number of nitrogens with zero attached hydrogens (tertiary/aromatic N) is 1. The largest absolute Gasteiger partial charge is 0.493 e. The molecule has 0 saturated heterocycles. The van der Waals surface area contributed by atoms with Crippen LogP contribution in [0.1, 0.15) is 15.9 Å². The number of rotatable bonds is 10. The lowest BCUT2D eigenvalue weighted by atomic mass is 10.1. The van der Waals surface area contributed by atoms with Crippen molar-refractivity contribution in [2.24, 2.45) is 5.10 Å². The Morgan fingerprint density at radius 2 is 1.55 bits per heavy atom. The zero-order chi connectivity index (χ0) is 28.6. The van der Waals surface area contributed by atoms with Crippen LogP contribution in [-0.4, -0.2) is 46.0 Å². The molecule has 40 heavy (non-hydrogen) atoms. The smallest absolute Gasteiger partial charge is 0.343 e. The van der Waals surface area contributed by atoms with Gasteiger partial charge in [0.15, 0.2) is 23.9 Å². The SMILES string of the molecule is COc1cc(C(=O)Oc2c(Br)cc(Br)cc2C=NNC(=O)COc2ccc3ccccc3c2)cc(OC)c1OC. The lowest BCUT2D eigenvalue weighted by Gasteiger charge is -2.15. The molecule has 1 amide bonds. The second-order valence-electron chi connectivity index (χ2n) is 8.20. The fraction of sp³-hybridized carbons (Fsp3) is 0.138. The molecule has 0 heterocycles. The number of hydrogen-bond acceptors (Lipinski definition) is 8. The molecule has 0 aliphatic rings. The molecule has 0 aliphatic heterocycles. The van der Waals surface area contributed by atoms with Crippen molar-refractivity contribution in [2.75, 3.05) is 27.9 Å². The molecule has 0 fully saturated rings. The number of fused-ring (bicyclic) bond motifs is 1. The molecule has 0 saturated carbocycles. The molecule has 0 unspecified atom stereocenters. The van der Waals surface area contributed by atoms with E-state index in [9.17, 15) is 9.59 Å². The minimum Gasteiger partial charge on any atom is -0.493 e. The number of halogens is 2. The van der Waals surface area contributed by atoms with Crippen molar-refractivity contribution in [3.63, 3.8) is 0 Å². The summed E-state index contributed by atoms with van der Waals surface area (Å²) in [5, 5.41) is 6.09. The molecule has 11 heteroatoms. The van der Waals surface area contributed by atoms with Crippen LogP contribution in [-0.2, 0) is 4.79 Å². The van der Waals surface area contributed by atoms with E-state index in [0.29, 0.717) is 37.5 Å². The van der Waals surface area contributed by atoms with E-state index in [1.165, 1.54) is 39.7 Å². The summed E-state index contributed by atoms with van der Waals surface area (Å²) in [5.74, 6) is 0.568. The number of amides is 1. The molecule has 0 spiro atoms. The van der Waals surface area contributed by atoms with Gasteiger partial charge in [0, 0.05) is 10.0 Å². The van der Waals surface area contributed by atoms with Crippen molar-refractivity contribution in [3.8, 4) is 28.7 Å². The number of carbonyl (C=O) groups excluding carboxylic acids is 2. The summed E-state index contributed by atoms with van der Waals surface area (Å²) in [7, 11) is 4.37. The summed E-state index contributed by atoms with van der Waals surface area (Å²) < 4.78 is 28.4. The van der Waals surface area contributed by atoms with Gasteiger partial charge in [-0.25, -0.2) is 10.2 Å². The molecule has 0 bridgehead atoms. The zero-order valence-corrected chi connectivity index (χ0v) is 24.9. The predicted octanol–water partition coefficient (Wildman–Crippen LogP) is 6.14. The third kappa shape index (κ3) is 6.91. The van der Waals surface area contributed by atoms with Crippen molar-refractivity contribution in [1.82, 2.24) is 5.43 Å². The Balaban J connectivity index is 1.46. The van der Waals surface area contributed by atoms with Gasteiger partial charge in [-0.2, -0.15) is 5.10 Å². The molecule has 4 aromatic rings. The lowest BCUT2D eigenvalue weighted by Crippen LogP contribution is -2.24. The van der Waals surface area contributed by atoms with Gasteiger partial charge in [0.2, 0.25) is 5.75 Å². The van der Waals surface area contributed by atoms with Crippen LogP contribution in [0.5, 0.6) is 28.7 Å². The first kappa shape index (κ1) is 28.9. The number of ether oxygens (including phenoxy) is 5. The minimum atomic E-state index is -0.676. The second kappa shape index (κ2) is 13.3. The van der Waals surface area contributed by atoms with Crippen LogP contribution < -0.4 is 29.1 Å². The summed E-state index contributed by atoms with van der Waals surface area (Å²) in [6.45, 7) is -0.235. The molecule has 0 aromatic heterocycles. The summed E-state index contributed by atoms with van der Waals surface area (Å²) in [6, 6.07) is 19.8. The number of hydrogen-bond donors (Lipinski definition) is 1. The fourth-order valence-corrected chi connectivity index (χ4v) is 5.09. The monoisotopic (exact) mass is 670 g/mol. The topological polar surface area (TPSA) is 105 Å². The number of hydrazone groups is 1. The van der Waals surface area contributed by atoms with Crippen molar-refractivity contribution in [3.05, 3.63) is 86.8 Å². The van der Waals surface area contributed by atoms with E-state index < -0.39 is 11.9 Å². The normalized spacial score (nSPS) is 10.8. The van der Waals surface area contributed by atoms with E-state index >= 15 is 0 Å². The fourth-order valence-electron chi connectivity index (χ4n) is 3.75. The molecule has 0 aliphatic carbocycles. The zero-order valence-electron chi connectivity index (χ0n) is 21.7. The van der Waals surface area contributed by atoms with Crippen molar-refractivity contribution >= 4 is 60.7 Å². The average molecular weight is 672 g/mol. The summed E-state index contributed by atoms with van der Waals surface area (Å²) in [6.07, 6.45) is 1.36. The quantitative estimate of drug-likeness (QED) is 0.0935. The molecular weight excluding hydrogens is 648 g/mol. The molecule has 0 atom stereocenters. The highest BCUT2D eigenvalue weighted by Crippen LogP contribution is 2.39. The number of esters is 1. The van der Waals surface area contributed by atoms with Crippen molar-refractivity contribution < 1.29 is 33.3 Å². The van der Waals surface area contributed by atoms with E-state index in [0.717, 1.165) is 10.8 Å². The number of methoxy groups -OCH3 is 3. The van der Waals surface area contributed by atoms with Crippen LogP contribution in [0.4, 0.5) is 0 Å². The highest BCUT2D eigenvalue weighted by Gasteiger charge is 2.20. The van der Waals surface area contributed by atoms with Gasteiger partial charge in [0.1, 0.15) is 5.75 Å². The molecule has 206 valence electrons. The van der Waals surface area contributed by atoms with Gasteiger partial charge < -0.3 is 23.7 Å². The molecule has 1 N–H and O–H groups in total. The molecular formula is C29H24Br2N2O7. The van der Waals surface area contributed by atoms with E-state index in [1.54, 1.807) is 18.2 Å². The van der Waals surface area contributed by atoms with Gasteiger partial charge in [-0.05, 0) is 63.1 Å². The Kier molecular flexibility index (Phi) is 9.62. The Bertz CT molecular complexity index is 1570. The third-order valence-corrected chi connectivity index (χ3v) is 6.66. The van der Waals surface area contributed by atoms with Gasteiger partial charge in [-0.1, -0.05) is 46.3 Å². The Morgan fingerprint density at radius 3 is 2.23 bits per heavy atom. The van der Waals surface area contributed by atoms with Crippen LogP contribution in [0.15, 0.2) is 80.8 Å². The minimum absolute atomic E-state index is 0.173. The van der Waals surface area contributed by atoms with Crippen LogP contribution in [0.3, 0.4) is 0 Å². The van der Waals surface area contributed by atoms with Crippen LogP contribution >= 0.6 is 31.9 Å². The molecule has 0 radical (unpaired) electrons. The molecule has 4 rings (SSSR count). The standard InChI is InChI=1S/C29H24Br2N2O7/c1-36-24-12-19(13-25(37-2)28(24)38-3)29(35)40-27-20(10-21(30)14-23(27)31)15-32-33-26(34)16-39-22-9-8-17-6-4-5-7-18(17)11-22/h4-15H,16H2,1-3H3,(H,33,34). The maximum Gasteiger partial charge on any atom is 0.343 e. The Morgan fingerprint density at radius 1 is 0.850 bits per heavy atom. The first-order valence-electron chi connectivity index (χ1n) is 11.8. The third-order valence-electron chi connectivity index (χ3n) is 5.62. The molecule has 4 aromatic carbocycles. The maximum absolute atomic E-state index is 13.1. The maximum atomic E-state index is 13.1. The second-order valence-corrected chi connectivity index (χ2v) is 9.97. The van der Waals surface area contributed by atoms with Gasteiger partial charge in [0.05, 0.1) is 37.6 Å². The summed E-state index contributed by atoms with van der Waals surface area (Å²) in [5.41, 5.74) is 3.01. The average Bonchev–Trinajstić information content (AvgIpc) is 2.96. The van der Waals surface area contributed by atoms with Crippen LogP contribution in [0.2, 0.25) is 0 Å². The summed E-state index contributed by atoms with van der Waals surface area (Å²) in [4.78, 5) is 25.4.